The van der Waals surface area contributed by atoms with E-state index >= 15 is 0 Å². The van der Waals surface area contributed by atoms with Gasteiger partial charge in [-0.1, -0.05) is 25.1 Å². The summed E-state index contributed by atoms with van der Waals surface area (Å²) in [5.41, 5.74) is 4.59. The standard InChI is InChI=1S/C14H19Cl/c1-10(8-11(2)15)13-7-6-12-4-3-5-14(12)9-13/h6-7,9-11H,3-5,8H2,1-2H3. The van der Waals surface area contributed by atoms with E-state index in [0.29, 0.717) is 5.92 Å². The maximum atomic E-state index is 6.04. The van der Waals surface area contributed by atoms with Gasteiger partial charge in [-0.25, -0.2) is 0 Å². The van der Waals surface area contributed by atoms with Crippen LogP contribution in [0.3, 0.4) is 0 Å². The molecule has 0 nitrogen and oxygen atoms in total. The van der Waals surface area contributed by atoms with Crippen LogP contribution in [-0.4, -0.2) is 5.38 Å². The van der Waals surface area contributed by atoms with Gasteiger partial charge >= 0.3 is 0 Å². The first-order chi connectivity index (χ1) is 7.16. The average Bonchev–Trinajstić information content (AvgIpc) is 2.62. The predicted octanol–water partition coefficient (Wildman–Crippen LogP) is 4.30. The Morgan fingerprint density at radius 1 is 1.20 bits per heavy atom. The monoisotopic (exact) mass is 222 g/mol. The number of aryl methyl sites for hydroxylation is 2. The Balaban J connectivity index is 2.15. The lowest BCUT2D eigenvalue weighted by molar-refractivity contribution is 0.670. The Kier molecular flexibility index (Phi) is 3.35. The van der Waals surface area contributed by atoms with Crippen molar-refractivity contribution < 1.29 is 0 Å². The summed E-state index contributed by atoms with van der Waals surface area (Å²) in [4.78, 5) is 0. The molecule has 0 aliphatic heterocycles. The lowest BCUT2D eigenvalue weighted by Gasteiger charge is -2.14. The molecular formula is C14H19Cl. The van der Waals surface area contributed by atoms with Gasteiger partial charge in [0.15, 0.2) is 0 Å². The molecule has 1 heteroatoms. The van der Waals surface area contributed by atoms with Crippen molar-refractivity contribution in [2.24, 2.45) is 0 Å². The summed E-state index contributed by atoms with van der Waals surface area (Å²) in [6.07, 6.45) is 4.95. The van der Waals surface area contributed by atoms with Crippen molar-refractivity contribution in [1.29, 1.82) is 0 Å². The first-order valence-corrected chi connectivity index (χ1v) is 6.36. The molecular weight excluding hydrogens is 204 g/mol. The van der Waals surface area contributed by atoms with Gasteiger partial charge in [-0.3, -0.25) is 0 Å². The Morgan fingerprint density at radius 3 is 2.67 bits per heavy atom. The van der Waals surface area contributed by atoms with Gasteiger partial charge in [0.25, 0.3) is 0 Å². The second kappa shape index (κ2) is 4.57. The molecule has 2 unspecified atom stereocenters. The molecule has 82 valence electrons. The fraction of sp³-hybridized carbons (Fsp3) is 0.571. The Labute approximate surface area is 97.6 Å². The van der Waals surface area contributed by atoms with Crippen LogP contribution < -0.4 is 0 Å². The molecule has 15 heavy (non-hydrogen) atoms. The first-order valence-electron chi connectivity index (χ1n) is 5.92. The van der Waals surface area contributed by atoms with Crippen molar-refractivity contribution in [3.63, 3.8) is 0 Å². The highest BCUT2D eigenvalue weighted by Gasteiger charge is 2.14. The summed E-state index contributed by atoms with van der Waals surface area (Å²) in [6, 6.07) is 6.99. The molecule has 0 amide bonds. The smallest absolute Gasteiger partial charge is 0.0313 e. The maximum absolute atomic E-state index is 6.04. The highest BCUT2D eigenvalue weighted by molar-refractivity contribution is 6.20. The molecule has 0 saturated carbocycles. The van der Waals surface area contributed by atoms with E-state index in [1.807, 2.05) is 0 Å². The lowest BCUT2D eigenvalue weighted by Crippen LogP contribution is -2.01. The summed E-state index contributed by atoms with van der Waals surface area (Å²) < 4.78 is 0. The minimum absolute atomic E-state index is 0.272. The number of halogens is 1. The highest BCUT2D eigenvalue weighted by Crippen LogP contribution is 2.28. The molecule has 2 atom stereocenters. The van der Waals surface area contributed by atoms with Crippen molar-refractivity contribution in [2.75, 3.05) is 0 Å². The van der Waals surface area contributed by atoms with E-state index in [9.17, 15) is 0 Å². The third kappa shape index (κ3) is 2.55. The van der Waals surface area contributed by atoms with Crippen molar-refractivity contribution in [3.8, 4) is 0 Å². The normalized spacial score (nSPS) is 18.6. The van der Waals surface area contributed by atoms with E-state index in [2.05, 4.69) is 32.0 Å². The molecule has 0 spiro atoms. The molecule has 1 aromatic rings. The van der Waals surface area contributed by atoms with Crippen LogP contribution in [0.25, 0.3) is 0 Å². The quantitative estimate of drug-likeness (QED) is 0.670. The van der Waals surface area contributed by atoms with E-state index in [4.69, 9.17) is 11.6 Å². The van der Waals surface area contributed by atoms with Crippen LogP contribution in [0.1, 0.15) is 49.3 Å². The Bertz CT molecular complexity index is 341. The van der Waals surface area contributed by atoms with Gasteiger partial charge in [-0.2, -0.15) is 0 Å². The average molecular weight is 223 g/mol. The van der Waals surface area contributed by atoms with Crippen molar-refractivity contribution in [1.82, 2.24) is 0 Å². The van der Waals surface area contributed by atoms with Crippen molar-refractivity contribution in [3.05, 3.63) is 34.9 Å². The fourth-order valence-electron chi connectivity index (χ4n) is 2.52. The number of hydrogen-bond donors (Lipinski definition) is 0. The summed E-state index contributed by atoms with van der Waals surface area (Å²) in [6.45, 7) is 4.35. The van der Waals surface area contributed by atoms with Crippen molar-refractivity contribution in [2.45, 2.75) is 50.8 Å². The van der Waals surface area contributed by atoms with Gasteiger partial charge in [0, 0.05) is 5.38 Å². The van der Waals surface area contributed by atoms with Crippen LogP contribution in [0.4, 0.5) is 0 Å². The van der Waals surface area contributed by atoms with E-state index in [1.165, 1.54) is 24.8 Å². The highest BCUT2D eigenvalue weighted by atomic mass is 35.5. The number of alkyl halides is 1. The van der Waals surface area contributed by atoms with Gasteiger partial charge in [-0.15, -0.1) is 11.6 Å². The minimum atomic E-state index is 0.272. The van der Waals surface area contributed by atoms with Crippen molar-refractivity contribution >= 4 is 11.6 Å². The molecule has 2 rings (SSSR count). The fourth-order valence-corrected chi connectivity index (χ4v) is 2.79. The van der Waals surface area contributed by atoms with Crippen LogP contribution in [-0.2, 0) is 12.8 Å². The zero-order valence-electron chi connectivity index (χ0n) is 9.59. The van der Waals surface area contributed by atoms with E-state index < -0.39 is 0 Å². The molecule has 0 radical (unpaired) electrons. The van der Waals surface area contributed by atoms with Gasteiger partial charge < -0.3 is 0 Å². The SMILES string of the molecule is CC(Cl)CC(C)c1ccc2c(c1)CCC2. The number of hydrogen-bond acceptors (Lipinski definition) is 0. The Morgan fingerprint density at radius 2 is 1.93 bits per heavy atom. The van der Waals surface area contributed by atoms with Gasteiger partial charge in [0.2, 0.25) is 0 Å². The minimum Gasteiger partial charge on any atom is -0.123 e. The third-order valence-electron chi connectivity index (χ3n) is 3.37. The van der Waals surface area contributed by atoms with Gasteiger partial charge in [0.05, 0.1) is 0 Å². The zero-order chi connectivity index (χ0) is 10.8. The summed E-state index contributed by atoms with van der Waals surface area (Å²) >= 11 is 6.04. The largest absolute Gasteiger partial charge is 0.123 e. The number of benzene rings is 1. The molecule has 0 saturated heterocycles. The molecule has 1 aromatic carbocycles. The third-order valence-corrected chi connectivity index (χ3v) is 3.55. The topological polar surface area (TPSA) is 0 Å². The molecule has 1 aliphatic rings. The zero-order valence-corrected chi connectivity index (χ0v) is 10.3. The van der Waals surface area contributed by atoms with Crippen LogP contribution >= 0.6 is 11.6 Å². The van der Waals surface area contributed by atoms with Crippen LogP contribution in [0, 0.1) is 0 Å². The first kappa shape index (κ1) is 11.0. The second-order valence-corrected chi connectivity index (χ2v) is 5.54. The van der Waals surface area contributed by atoms with Crippen LogP contribution in [0.2, 0.25) is 0 Å². The summed E-state index contributed by atoms with van der Waals surface area (Å²) in [5.74, 6) is 0.586. The molecule has 0 N–H and O–H groups in total. The van der Waals surface area contributed by atoms with E-state index in [1.54, 1.807) is 11.1 Å². The molecule has 0 heterocycles. The molecule has 0 bridgehead atoms. The molecule has 1 aliphatic carbocycles. The second-order valence-electron chi connectivity index (χ2n) is 4.80. The van der Waals surface area contributed by atoms with Crippen LogP contribution in [0.15, 0.2) is 18.2 Å². The van der Waals surface area contributed by atoms with E-state index in [-0.39, 0.29) is 5.38 Å². The number of rotatable bonds is 3. The van der Waals surface area contributed by atoms with E-state index in [0.717, 1.165) is 6.42 Å². The molecule has 0 fully saturated rings. The Hall–Kier alpha value is -0.490. The summed E-state index contributed by atoms with van der Waals surface area (Å²) in [7, 11) is 0. The molecule has 0 aromatic heterocycles. The predicted molar refractivity (Wildman–Crippen MR) is 66.8 cm³/mol. The van der Waals surface area contributed by atoms with Gasteiger partial charge in [-0.05, 0) is 55.2 Å². The summed E-state index contributed by atoms with van der Waals surface area (Å²) in [5, 5.41) is 0.272. The lowest BCUT2D eigenvalue weighted by atomic mass is 9.94. The maximum Gasteiger partial charge on any atom is 0.0313 e. The number of fused-ring (bicyclic) bond motifs is 1. The van der Waals surface area contributed by atoms with Crippen LogP contribution in [0.5, 0.6) is 0 Å². The van der Waals surface area contributed by atoms with Gasteiger partial charge in [0.1, 0.15) is 0 Å².